The molecule has 0 saturated carbocycles. The molecule has 5 nitrogen and oxygen atoms in total. The number of carbonyl (C=O) groups is 2. The number of alkyl carbamates (subject to hydrolysis) is 1. The van der Waals surface area contributed by atoms with Crippen LogP contribution in [0.1, 0.15) is 53.5 Å². The van der Waals surface area contributed by atoms with Gasteiger partial charge in [0.25, 0.3) is 0 Å². The molecule has 0 spiro atoms. The van der Waals surface area contributed by atoms with Crippen LogP contribution in [0.5, 0.6) is 0 Å². The van der Waals surface area contributed by atoms with Gasteiger partial charge in [0.2, 0.25) is 5.91 Å². The summed E-state index contributed by atoms with van der Waals surface area (Å²) in [6.45, 7) is 11.6. The Morgan fingerprint density at radius 1 is 1.17 bits per heavy atom. The van der Waals surface area contributed by atoms with E-state index in [-0.39, 0.29) is 11.9 Å². The Kier molecular flexibility index (Phi) is 7.26. The lowest BCUT2D eigenvalue weighted by atomic mass is 10.1. The molecule has 1 rings (SSSR count). The summed E-state index contributed by atoms with van der Waals surface area (Å²) >= 11 is 0. The van der Waals surface area contributed by atoms with Crippen molar-refractivity contribution >= 4 is 12.0 Å². The molecule has 24 heavy (non-hydrogen) atoms. The molecular weight excluding hydrogens is 304 g/mol. The van der Waals surface area contributed by atoms with E-state index in [4.69, 9.17) is 4.74 Å². The number of carbonyl (C=O) groups excluding carboxylic acids is 2. The summed E-state index contributed by atoms with van der Waals surface area (Å²) in [4.78, 5) is 26.5. The summed E-state index contributed by atoms with van der Waals surface area (Å²) in [5, 5.41) is 2.63. The number of ether oxygens (including phenoxy) is 1. The van der Waals surface area contributed by atoms with Crippen molar-refractivity contribution in [1.82, 2.24) is 10.2 Å². The minimum absolute atomic E-state index is 0.0839. The van der Waals surface area contributed by atoms with Crippen LogP contribution >= 0.6 is 0 Å². The summed E-state index contributed by atoms with van der Waals surface area (Å²) in [6, 6.07) is 9.29. The van der Waals surface area contributed by atoms with Gasteiger partial charge >= 0.3 is 6.09 Å². The molecule has 2 unspecified atom stereocenters. The minimum Gasteiger partial charge on any atom is -0.444 e. The zero-order chi connectivity index (χ0) is 18.3. The topological polar surface area (TPSA) is 58.6 Å². The summed E-state index contributed by atoms with van der Waals surface area (Å²) < 4.78 is 5.22. The number of benzene rings is 1. The van der Waals surface area contributed by atoms with Crippen molar-refractivity contribution in [3.8, 4) is 0 Å². The second kappa shape index (κ2) is 8.71. The van der Waals surface area contributed by atoms with Crippen LogP contribution in [0.15, 0.2) is 30.3 Å². The first kappa shape index (κ1) is 20.0. The van der Waals surface area contributed by atoms with E-state index in [9.17, 15) is 9.59 Å². The van der Waals surface area contributed by atoms with Crippen molar-refractivity contribution < 1.29 is 14.3 Å². The normalized spacial score (nSPS) is 13.8. The predicted octanol–water partition coefficient (Wildman–Crippen LogP) is 3.73. The van der Waals surface area contributed by atoms with E-state index in [1.165, 1.54) is 0 Å². The lowest BCUT2D eigenvalue weighted by Gasteiger charge is -2.31. The van der Waals surface area contributed by atoms with Crippen molar-refractivity contribution in [3.05, 3.63) is 35.9 Å². The largest absolute Gasteiger partial charge is 0.444 e. The van der Waals surface area contributed by atoms with Gasteiger partial charge in [-0.3, -0.25) is 4.79 Å². The molecule has 2 amide bonds. The zero-order valence-electron chi connectivity index (χ0n) is 15.6. The fourth-order valence-electron chi connectivity index (χ4n) is 2.25. The Bertz CT molecular complexity index is 537. The van der Waals surface area contributed by atoms with Crippen LogP contribution in [-0.4, -0.2) is 34.6 Å². The number of amides is 2. The van der Waals surface area contributed by atoms with Gasteiger partial charge in [0.1, 0.15) is 11.6 Å². The summed E-state index contributed by atoms with van der Waals surface area (Å²) in [5.74, 6) is -0.112. The highest BCUT2D eigenvalue weighted by Crippen LogP contribution is 2.13. The molecule has 0 bridgehead atoms. The van der Waals surface area contributed by atoms with Gasteiger partial charge in [0.05, 0.1) is 0 Å². The molecule has 0 fully saturated rings. The molecule has 2 atom stereocenters. The van der Waals surface area contributed by atoms with E-state index in [2.05, 4.69) is 5.32 Å². The highest BCUT2D eigenvalue weighted by Gasteiger charge is 2.27. The third kappa shape index (κ3) is 6.60. The van der Waals surface area contributed by atoms with Crippen molar-refractivity contribution in [1.29, 1.82) is 0 Å². The maximum atomic E-state index is 12.8. The van der Waals surface area contributed by atoms with Crippen LogP contribution in [0.25, 0.3) is 0 Å². The quantitative estimate of drug-likeness (QED) is 0.862. The van der Waals surface area contributed by atoms with Crippen LogP contribution in [0, 0.1) is 0 Å². The standard InChI is InChI=1S/C19H30N2O3/c1-7-14(2)21(13-16-11-9-8-10-12-16)17(22)15(3)20-18(23)24-19(4,5)6/h8-12,14-15H,7,13H2,1-6H3,(H,20,23). The van der Waals surface area contributed by atoms with Crippen molar-refractivity contribution in [2.24, 2.45) is 0 Å². The fourth-order valence-corrected chi connectivity index (χ4v) is 2.25. The molecule has 0 aliphatic heterocycles. The molecule has 1 aromatic rings. The van der Waals surface area contributed by atoms with E-state index in [0.717, 1.165) is 12.0 Å². The van der Waals surface area contributed by atoms with Gasteiger partial charge in [-0.25, -0.2) is 4.79 Å². The molecular formula is C19H30N2O3. The monoisotopic (exact) mass is 334 g/mol. The molecule has 0 aliphatic rings. The molecule has 0 aromatic heterocycles. The third-order valence-corrected chi connectivity index (χ3v) is 3.71. The molecule has 0 saturated heterocycles. The first-order valence-corrected chi connectivity index (χ1v) is 8.48. The van der Waals surface area contributed by atoms with E-state index in [1.54, 1.807) is 32.6 Å². The number of hydrogen-bond donors (Lipinski definition) is 1. The Morgan fingerprint density at radius 2 is 1.75 bits per heavy atom. The Hall–Kier alpha value is -2.04. The van der Waals surface area contributed by atoms with Gasteiger partial charge in [0.15, 0.2) is 0 Å². The van der Waals surface area contributed by atoms with Gasteiger partial charge in [-0.05, 0) is 46.6 Å². The lowest BCUT2D eigenvalue weighted by molar-refractivity contribution is -0.135. The molecule has 0 radical (unpaired) electrons. The van der Waals surface area contributed by atoms with E-state index >= 15 is 0 Å². The SMILES string of the molecule is CCC(C)N(Cc1ccccc1)C(=O)C(C)NC(=O)OC(C)(C)C. The van der Waals surface area contributed by atoms with E-state index in [1.807, 2.05) is 44.2 Å². The number of rotatable bonds is 6. The van der Waals surface area contributed by atoms with Crippen molar-refractivity contribution in [3.63, 3.8) is 0 Å². The Morgan fingerprint density at radius 3 is 2.25 bits per heavy atom. The van der Waals surface area contributed by atoms with E-state index in [0.29, 0.717) is 6.54 Å². The molecule has 0 heterocycles. The highest BCUT2D eigenvalue weighted by atomic mass is 16.6. The first-order chi connectivity index (χ1) is 11.1. The summed E-state index contributed by atoms with van der Waals surface area (Å²) in [7, 11) is 0. The van der Waals surface area contributed by atoms with Gasteiger partial charge in [-0.1, -0.05) is 37.3 Å². The maximum Gasteiger partial charge on any atom is 0.408 e. The molecule has 134 valence electrons. The van der Waals surface area contributed by atoms with Crippen molar-refractivity contribution in [2.75, 3.05) is 0 Å². The molecule has 5 heteroatoms. The zero-order valence-corrected chi connectivity index (χ0v) is 15.6. The van der Waals surface area contributed by atoms with Crippen LogP contribution in [-0.2, 0) is 16.1 Å². The number of nitrogens with zero attached hydrogens (tertiary/aromatic N) is 1. The van der Waals surface area contributed by atoms with Crippen LogP contribution in [0.2, 0.25) is 0 Å². The second-order valence-electron chi connectivity index (χ2n) is 7.08. The third-order valence-electron chi connectivity index (χ3n) is 3.71. The minimum atomic E-state index is -0.641. The maximum absolute atomic E-state index is 12.8. The number of hydrogen-bond acceptors (Lipinski definition) is 3. The van der Waals surface area contributed by atoms with Crippen LogP contribution < -0.4 is 5.32 Å². The van der Waals surface area contributed by atoms with Crippen LogP contribution in [0.3, 0.4) is 0 Å². The molecule has 1 aromatic carbocycles. The summed E-state index contributed by atoms with van der Waals surface area (Å²) in [6.07, 6.45) is 0.268. The Labute approximate surface area is 145 Å². The summed E-state index contributed by atoms with van der Waals surface area (Å²) in [5.41, 5.74) is 0.475. The molecule has 1 N–H and O–H groups in total. The molecule has 0 aliphatic carbocycles. The van der Waals surface area contributed by atoms with E-state index < -0.39 is 17.7 Å². The Balaban J connectivity index is 2.78. The smallest absolute Gasteiger partial charge is 0.408 e. The van der Waals surface area contributed by atoms with Crippen LogP contribution in [0.4, 0.5) is 4.79 Å². The van der Waals surface area contributed by atoms with Gasteiger partial charge in [-0.15, -0.1) is 0 Å². The first-order valence-electron chi connectivity index (χ1n) is 8.48. The van der Waals surface area contributed by atoms with Gasteiger partial charge in [-0.2, -0.15) is 0 Å². The second-order valence-corrected chi connectivity index (χ2v) is 7.08. The average molecular weight is 334 g/mol. The van der Waals surface area contributed by atoms with Gasteiger partial charge < -0.3 is 15.0 Å². The number of nitrogens with one attached hydrogen (secondary N) is 1. The average Bonchev–Trinajstić information content (AvgIpc) is 2.50. The van der Waals surface area contributed by atoms with Crippen molar-refractivity contribution in [2.45, 2.75) is 72.2 Å². The fraction of sp³-hybridized carbons (Fsp3) is 0.579. The lowest BCUT2D eigenvalue weighted by Crippen LogP contribution is -2.50. The highest BCUT2D eigenvalue weighted by molar-refractivity contribution is 5.85. The van der Waals surface area contributed by atoms with Gasteiger partial charge in [0, 0.05) is 12.6 Å². The predicted molar refractivity (Wildman–Crippen MR) is 95.6 cm³/mol.